The maximum atomic E-state index is 13.1. The van der Waals surface area contributed by atoms with E-state index in [1.54, 1.807) is 18.3 Å². The highest BCUT2D eigenvalue weighted by Crippen LogP contribution is 2.30. The lowest BCUT2D eigenvalue weighted by Crippen LogP contribution is -2.51. The molecule has 1 aromatic heterocycles. The standard InChI is InChI=1S/C22H28N4O4S/c27-22(24-16-18-6-2-1-3-7-18)20-9-4-10-23-21(20)19-8-5-11-26(17-19)31(28,29)25-12-14-30-15-13-25/h1-4,6-7,9-10,19H,5,8,11-17H2,(H,24,27). The number of piperidine rings is 1. The summed E-state index contributed by atoms with van der Waals surface area (Å²) in [7, 11) is -3.55. The summed E-state index contributed by atoms with van der Waals surface area (Å²) in [5.41, 5.74) is 2.19. The van der Waals surface area contributed by atoms with Crippen molar-refractivity contribution in [1.29, 1.82) is 0 Å². The van der Waals surface area contributed by atoms with Crippen LogP contribution in [0.15, 0.2) is 48.7 Å². The molecule has 1 atom stereocenters. The van der Waals surface area contributed by atoms with Crippen molar-refractivity contribution >= 4 is 16.1 Å². The van der Waals surface area contributed by atoms with Crippen molar-refractivity contribution < 1.29 is 17.9 Å². The second-order valence-corrected chi connectivity index (χ2v) is 9.75. The number of aromatic nitrogens is 1. The van der Waals surface area contributed by atoms with Gasteiger partial charge in [0.2, 0.25) is 0 Å². The Bertz CT molecular complexity index is 994. The number of pyridine rings is 1. The van der Waals surface area contributed by atoms with Gasteiger partial charge in [0.05, 0.1) is 24.5 Å². The van der Waals surface area contributed by atoms with E-state index in [9.17, 15) is 13.2 Å². The molecular weight excluding hydrogens is 416 g/mol. The molecule has 0 radical (unpaired) electrons. The third kappa shape index (κ3) is 5.12. The van der Waals surface area contributed by atoms with E-state index >= 15 is 0 Å². The maximum absolute atomic E-state index is 13.1. The molecule has 2 aromatic rings. The highest BCUT2D eigenvalue weighted by atomic mass is 32.2. The smallest absolute Gasteiger partial charge is 0.282 e. The van der Waals surface area contributed by atoms with Crippen molar-refractivity contribution in [3.05, 3.63) is 65.5 Å². The minimum Gasteiger partial charge on any atom is -0.379 e. The molecular formula is C22H28N4O4S. The molecule has 8 nitrogen and oxygen atoms in total. The van der Waals surface area contributed by atoms with Crippen LogP contribution in [0.5, 0.6) is 0 Å². The lowest BCUT2D eigenvalue weighted by Gasteiger charge is -2.36. The number of nitrogens with one attached hydrogen (secondary N) is 1. The average Bonchev–Trinajstić information content (AvgIpc) is 2.84. The number of carbonyl (C=O) groups excluding carboxylic acids is 1. The lowest BCUT2D eigenvalue weighted by atomic mass is 9.92. The molecule has 166 valence electrons. The number of benzene rings is 1. The number of morpholine rings is 1. The Morgan fingerprint density at radius 2 is 1.84 bits per heavy atom. The Morgan fingerprint density at radius 1 is 1.06 bits per heavy atom. The molecule has 31 heavy (non-hydrogen) atoms. The average molecular weight is 445 g/mol. The van der Waals surface area contributed by atoms with Crippen LogP contribution < -0.4 is 5.32 Å². The van der Waals surface area contributed by atoms with E-state index in [-0.39, 0.29) is 11.8 Å². The molecule has 0 bridgehead atoms. The van der Waals surface area contributed by atoms with Crippen LogP contribution >= 0.6 is 0 Å². The molecule has 2 aliphatic heterocycles. The van der Waals surface area contributed by atoms with Gasteiger partial charge < -0.3 is 10.1 Å². The number of amides is 1. The Balaban J connectivity index is 1.48. The van der Waals surface area contributed by atoms with Gasteiger partial charge in [-0.05, 0) is 30.5 Å². The zero-order valence-electron chi connectivity index (χ0n) is 17.4. The Labute approximate surface area is 183 Å². The molecule has 1 unspecified atom stereocenters. The minimum absolute atomic E-state index is 0.122. The SMILES string of the molecule is O=C(NCc1ccccc1)c1cccnc1C1CCCN(S(=O)(=O)N2CCOCC2)C1. The molecule has 2 fully saturated rings. The van der Waals surface area contributed by atoms with Crippen LogP contribution in [-0.4, -0.2) is 67.3 Å². The number of hydrogen-bond donors (Lipinski definition) is 1. The summed E-state index contributed by atoms with van der Waals surface area (Å²) in [6.07, 6.45) is 3.19. The molecule has 1 amide bonds. The molecule has 9 heteroatoms. The van der Waals surface area contributed by atoms with Crippen molar-refractivity contribution in [3.8, 4) is 0 Å². The summed E-state index contributed by atoms with van der Waals surface area (Å²) >= 11 is 0. The predicted octanol–water partition coefficient (Wildman–Crippen LogP) is 1.77. The Hall–Kier alpha value is -2.33. The largest absolute Gasteiger partial charge is 0.379 e. The predicted molar refractivity (Wildman–Crippen MR) is 117 cm³/mol. The van der Waals surface area contributed by atoms with Crippen LogP contribution in [0.2, 0.25) is 0 Å². The highest BCUT2D eigenvalue weighted by Gasteiger charge is 2.36. The first kappa shape index (κ1) is 21.9. The summed E-state index contributed by atoms with van der Waals surface area (Å²) in [4.78, 5) is 17.4. The van der Waals surface area contributed by atoms with Gasteiger partial charge in [-0.2, -0.15) is 17.0 Å². The molecule has 2 aliphatic rings. The lowest BCUT2D eigenvalue weighted by molar-refractivity contribution is 0.0695. The van der Waals surface area contributed by atoms with Gasteiger partial charge in [0.25, 0.3) is 16.1 Å². The second-order valence-electron chi connectivity index (χ2n) is 7.82. The Morgan fingerprint density at radius 3 is 2.61 bits per heavy atom. The fraction of sp³-hybridized carbons (Fsp3) is 0.455. The number of hydrogen-bond acceptors (Lipinski definition) is 5. The number of nitrogens with zero attached hydrogens (tertiary/aromatic N) is 3. The van der Waals surface area contributed by atoms with Gasteiger partial charge in [-0.15, -0.1) is 0 Å². The van der Waals surface area contributed by atoms with E-state index < -0.39 is 10.2 Å². The maximum Gasteiger partial charge on any atom is 0.282 e. The van der Waals surface area contributed by atoms with E-state index in [0.29, 0.717) is 57.2 Å². The summed E-state index contributed by atoms with van der Waals surface area (Å²) in [6.45, 7) is 2.83. The van der Waals surface area contributed by atoms with E-state index in [2.05, 4.69) is 10.3 Å². The van der Waals surface area contributed by atoms with E-state index in [4.69, 9.17) is 4.74 Å². The molecule has 2 saturated heterocycles. The molecule has 4 rings (SSSR count). The van der Waals surface area contributed by atoms with Crippen molar-refractivity contribution in [1.82, 2.24) is 18.9 Å². The molecule has 0 spiro atoms. The van der Waals surface area contributed by atoms with E-state index in [0.717, 1.165) is 18.4 Å². The van der Waals surface area contributed by atoms with Gasteiger partial charge in [0, 0.05) is 44.8 Å². The number of rotatable bonds is 6. The quantitative estimate of drug-likeness (QED) is 0.733. The van der Waals surface area contributed by atoms with E-state index in [1.165, 1.54) is 8.61 Å². The fourth-order valence-corrected chi connectivity index (χ4v) is 5.79. The van der Waals surface area contributed by atoms with Crippen molar-refractivity contribution in [3.63, 3.8) is 0 Å². The van der Waals surface area contributed by atoms with Crippen LogP contribution in [0.4, 0.5) is 0 Å². The van der Waals surface area contributed by atoms with Crippen LogP contribution in [0.3, 0.4) is 0 Å². The summed E-state index contributed by atoms with van der Waals surface area (Å²) in [5, 5.41) is 2.95. The van der Waals surface area contributed by atoms with Crippen LogP contribution in [0, 0.1) is 0 Å². The van der Waals surface area contributed by atoms with Gasteiger partial charge in [-0.25, -0.2) is 0 Å². The third-order valence-electron chi connectivity index (χ3n) is 5.77. The monoisotopic (exact) mass is 444 g/mol. The Kier molecular flexibility index (Phi) is 6.96. The van der Waals surface area contributed by atoms with Gasteiger partial charge in [0.1, 0.15) is 0 Å². The van der Waals surface area contributed by atoms with Crippen LogP contribution in [0.25, 0.3) is 0 Å². The number of carbonyl (C=O) groups is 1. The first-order valence-electron chi connectivity index (χ1n) is 10.7. The first-order valence-corrected chi connectivity index (χ1v) is 12.1. The van der Waals surface area contributed by atoms with Gasteiger partial charge in [-0.1, -0.05) is 30.3 Å². The minimum atomic E-state index is -3.55. The molecule has 1 aromatic carbocycles. The van der Waals surface area contributed by atoms with Crippen molar-refractivity contribution in [2.45, 2.75) is 25.3 Å². The molecule has 0 aliphatic carbocycles. The topological polar surface area (TPSA) is 91.8 Å². The third-order valence-corrected chi connectivity index (χ3v) is 7.77. The second kappa shape index (κ2) is 9.86. The van der Waals surface area contributed by atoms with Crippen molar-refractivity contribution in [2.75, 3.05) is 39.4 Å². The normalized spacial score (nSPS) is 21.0. The summed E-state index contributed by atoms with van der Waals surface area (Å²) in [5.74, 6) is -0.316. The van der Waals surface area contributed by atoms with Gasteiger partial charge in [-0.3, -0.25) is 9.78 Å². The number of ether oxygens (including phenoxy) is 1. The summed E-state index contributed by atoms with van der Waals surface area (Å²) < 4.78 is 34.5. The van der Waals surface area contributed by atoms with E-state index in [1.807, 2.05) is 30.3 Å². The zero-order chi connectivity index (χ0) is 21.7. The highest BCUT2D eigenvalue weighted by molar-refractivity contribution is 7.86. The molecule has 3 heterocycles. The summed E-state index contributed by atoms with van der Waals surface area (Å²) in [6, 6.07) is 13.2. The zero-order valence-corrected chi connectivity index (χ0v) is 18.3. The van der Waals surface area contributed by atoms with Crippen LogP contribution in [-0.2, 0) is 21.5 Å². The molecule has 0 saturated carbocycles. The van der Waals surface area contributed by atoms with Gasteiger partial charge in [0.15, 0.2) is 0 Å². The van der Waals surface area contributed by atoms with Crippen LogP contribution in [0.1, 0.15) is 40.4 Å². The molecule has 1 N–H and O–H groups in total. The van der Waals surface area contributed by atoms with Gasteiger partial charge >= 0.3 is 0 Å². The van der Waals surface area contributed by atoms with Crippen molar-refractivity contribution in [2.24, 2.45) is 0 Å². The first-order chi connectivity index (χ1) is 15.1. The fourth-order valence-electron chi connectivity index (χ4n) is 4.12.